The first-order chi connectivity index (χ1) is 11.8. The Morgan fingerprint density at radius 3 is 2.65 bits per heavy atom. The van der Waals surface area contributed by atoms with Crippen LogP contribution in [-0.4, -0.2) is 4.16 Å². The first-order valence-corrected chi connectivity index (χ1v) is 12.6. The molecule has 0 spiro atoms. The molecule has 1 heterocycles. The van der Waals surface area contributed by atoms with Crippen LogP contribution in [0.4, 0.5) is 0 Å². The Morgan fingerprint density at radius 1 is 1.12 bits per heavy atom. The summed E-state index contributed by atoms with van der Waals surface area (Å²) in [4.78, 5) is 1.37. The Morgan fingerprint density at radius 2 is 1.88 bits per heavy atom. The molecule has 2 aromatic rings. The molecule has 1 atom stereocenters. The SMILES string of the molecule is BrC1[C-]=C2C=c3ccccc3=C2S1.[Cl-].[Cl-].[S]=[Zr+2].[c-]1cccc2c1C=CC2. The second-order valence-corrected chi connectivity index (χ2v) is 7.91. The van der Waals surface area contributed by atoms with Gasteiger partial charge >= 0.3 is 31.5 Å². The third kappa shape index (κ3) is 5.59. The van der Waals surface area contributed by atoms with E-state index < -0.39 is 0 Å². The number of allylic oxidation sites excluding steroid dienone is 1. The molecule has 26 heavy (non-hydrogen) atoms. The van der Waals surface area contributed by atoms with Gasteiger partial charge in [0.25, 0.3) is 0 Å². The van der Waals surface area contributed by atoms with Crippen molar-refractivity contribution in [3.05, 3.63) is 87.8 Å². The fourth-order valence-corrected chi connectivity index (χ4v) is 4.56. The first kappa shape index (κ1) is 24.2. The molecule has 2 aliphatic carbocycles. The van der Waals surface area contributed by atoms with Crippen LogP contribution in [0.15, 0.2) is 54.1 Å². The second-order valence-electron chi connectivity index (χ2n) is 5.27. The third-order valence-electron chi connectivity index (χ3n) is 3.84. The average molecular weight is 559 g/mol. The largest absolute Gasteiger partial charge is 0.147 e. The number of hydrogen-bond donors (Lipinski definition) is 0. The Hall–Kier alpha value is 0.173. The van der Waals surface area contributed by atoms with E-state index in [0.29, 0.717) is 4.16 Å². The molecular weight excluding hydrogens is 546 g/mol. The smallest absolute Gasteiger partial charge is 0.0528 e. The summed E-state index contributed by atoms with van der Waals surface area (Å²) in [5.41, 5.74) is 3.92. The van der Waals surface area contributed by atoms with Crippen LogP contribution in [-0.2, 0) is 29.1 Å². The van der Waals surface area contributed by atoms with Crippen molar-refractivity contribution < 1.29 is 47.5 Å². The van der Waals surface area contributed by atoms with Gasteiger partial charge < -0.3 is 24.8 Å². The third-order valence-corrected chi connectivity index (χ3v) is 5.63. The fourth-order valence-electron chi connectivity index (χ4n) is 2.81. The van der Waals surface area contributed by atoms with Gasteiger partial charge in [0.2, 0.25) is 0 Å². The van der Waals surface area contributed by atoms with Crippen LogP contribution < -0.4 is 35.3 Å². The molecular formula is C20H13BrCl2S2Zr-2. The second kappa shape index (κ2) is 11.9. The molecule has 0 radical (unpaired) electrons. The van der Waals surface area contributed by atoms with Crippen molar-refractivity contribution in [3.63, 3.8) is 0 Å². The van der Waals surface area contributed by atoms with Crippen LogP contribution in [0.2, 0.25) is 0 Å². The summed E-state index contributed by atoms with van der Waals surface area (Å²) in [5.74, 6) is 0. The molecule has 3 aliphatic rings. The molecule has 1 unspecified atom stereocenters. The molecule has 0 bridgehead atoms. The summed E-state index contributed by atoms with van der Waals surface area (Å²) >= 11 is 6.50. The zero-order valence-electron chi connectivity index (χ0n) is 13.5. The molecule has 0 N–H and O–H groups in total. The predicted molar refractivity (Wildman–Crippen MR) is 106 cm³/mol. The van der Waals surface area contributed by atoms with Crippen molar-refractivity contribution >= 4 is 53.6 Å². The van der Waals surface area contributed by atoms with E-state index in [-0.39, 0.29) is 24.8 Å². The maximum Gasteiger partial charge on any atom is -0.0528 e. The van der Waals surface area contributed by atoms with Crippen molar-refractivity contribution in [3.8, 4) is 0 Å². The molecule has 132 valence electrons. The molecule has 0 saturated carbocycles. The van der Waals surface area contributed by atoms with Gasteiger partial charge in [0.05, 0.1) is 0 Å². The maximum atomic E-state index is 4.17. The fraction of sp³-hybridized carbons (Fsp3) is 0.100. The zero-order chi connectivity index (χ0) is 16.9. The van der Waals surface area contributed by atoms with Gasteiger partial charge in [-0.05, 0) is 0 Å². The topological polar surface area (TPSA) is 0 Å². The number of thioether (sulfide) groups is 1. The molecule has 0 fully saturated rings. The number of rotatable bonds is 0. The van der Waals surface area contributed by atoms with Crippen molar-refractivity contribution in [1.29, 1.82) is 0 Å². The minimum atomic E-state index is 0. The van der Waals surface area contributed by atoms with Gasteiger partial charge in [-0.3, -0.25) is 0 Å². The number of halogens is 3. The van der Waals surface area contributed by atoms with Crippen LogP contribution in [0.1, 0.15) is 11.1 Å². The average Bonchev–Trinajstić information content (AvgIpc) is 3.31. The number of benzene rings is 2. The standard InChI is InChI=1S/C11H6BrS.C9H7.2ClH.S.Zr/c12-10-6-8-5-7-3-1-2-4-9(7)11(8)13-10;1-2-5-9-7-3-6-8(9)4-1;;;;/h1-5,10H;1-4,7H,6H2;2*1H;;/q2*-1;;;;+2/p-2. The quantitative estimate of drug-likeness (QED) is 0.285. The van der Waals surface area contributed by atoms with Gasteiger partial charge in [0.1, 0.15) is 0 Å². The van der Waals surface area contributed by atoms with Gasteiger partial charge in [-0.15, -0.1) is 47.5 Å². The predicted octanol–water partition coefficient (Wildman–Crippen LogP) is -1.50. The van der Waals surface area contributed by atoms with Crippen LogP contribution in [0, 0.1) is 12.1 Å². The van der Waals surface area contributed by atoms with Crippen molar-refractivity contribution in [1.82, 2.24) is 0 Å². The summed E-state index contributed by atoms with van der Waals surface area (Å²) < 4.78 is 0.335. The summed E-state index contributed by atoms with van der Waals surface area (Å²) in [6.45, 7) is 0. The Labute approximate surface area is 197 Å². The zero-order valence-corrected chi connectivity index (χ0v) is 20.7. The van der Waals surface area contributed by atoms with Gasteiger partial charge in [0, 0.05) is 4.16 Å². The molecule has 0 amide bonds. The van der Waals surface area contributed by atoms with E-state index in [1.54, 1.807) is 0 Å². The van der Waals surface area contributed by atoms with Crippen LogP contribution in [0.5, 0.6) is 0 Å². The first-order valence-electron chi connectivity index (χ1n) is 7.43. The summed E-state index contributed by atoms with van der Waals surface area (Å²) in [5, 5.41) is 2.68. The Bertz CT molecular complexity index is 941. The van der Waals surface area contributed by atoms with E-state index in [0.717, 1.165) is 29.1 Å². The summed E-state index contributed by atoms with van der Waals surface area (Å²) in [6.07, 6.45) is 11.0. The van der Waals surface area contributed by atoms with Crippen molar-refractivity contribution in [2.45, 2.75) is 10.6 Å². The summed E-state index contributed by atoms with van der Waals surface area (Å²) in [6, 6.07) is 17.8. The minimum absolute atomic E-state index is 0. The summed E-state index contributed by atoms with van der Waals surface area (Å²) in [7, 11) is 4.17. The number of hydrogen-bond acceptors (Lipinski definition) is 2. The minimum Gasteiger partial charge on any atom is -0.147 e. The maximum absolute atomic E-state index is 4.17. The number of alkyl halides is 1. The van der Waals surface area contributed by atoms with Crippen LogP contribution >= 0.6 is 36.5 Å². The molecule has 2 aromatic carbocycles. The van der Waals surface area contributed by atoms with Crippen LogP contribution in [0.25, 0.3) is 17.1 Å². The molecule has 0 nitrogen and oxygen atoms in total. The molecule has 1 aliphatic heterocycles. The number of fused-ring (bicyclic) bond motifs is 3. The van der Waals surface area contributed by atoms with E-state index in [2.05, 4.69) is 85.5 Å². The van der Waals surface area contributed by atoms with Gasteiger partial charge in [-0.25, -0.2) is 0 Å². The molecule has 0 saturated heterocycles. The Kier molecular flexibility index (Phi) is 11.1. The van der Waals surface area contributed by atoms with Gasteiger partial charge in [-0.1, -0.05) is 62.0 Å². The van der Waals surface area contributed by atoms with E-state index >= 15 is 0 Å². The van der Waals surface area contributed by atoms with E-state index in [1.165, 1.54) is 32.0 Å². The monoisotopic (exact) mass is 556 g/mol. The van der Waals surface area contributed by atoms with Gasteiger partial charge in [0.15, 0.2) is 0 Å². The van der Waals surface area contributed by atoms with Crippen LogP contribution in [0.3, 0.4) is 0 Å². The van der Waals surface area contributed by atoms with E-state index in [9.17, 15) is 0 Å². The van der Waals surface area contributed by atoms with Crippen molar-refractivity contribution in [2.24, 2.45) is 0 Å². The Balaban J connectivity index is 0.000000232. The molecule has 0 aromatic heterocycles. The molecule has 6 heteroatoms. The van der Waals surface area contributed by atoms with E-state index in [4.69, 9.17) is 0 Å². The molecule has 5 rings (SSSR count). The van der Waals surface area contributed by atoms with Gasteiger partial charge in [-0.2, -0.15) is 29.5 Å². The van der Waals surface area contributed by atoms with Crippen molar-refractivity contribution in [2.75, 3.05) is 0 Å². The van der Waals surface area contributed by atoms with E-state index in [1.807, 2.05) is 23.9 Å². The normalized spacial score (nSPS) is 16.8.